The molecule has 0 unspecified atom stereocenters. The average molecular weight is 187 g/mol. The van der Waals surface area contributed by atoms with Crippen molar-refractivity contribution < 1.29 is 0 Å². The normalized spacial score (nSPS) is 10.1. The van der Waals surface area contributed by atoms with Crippen LogP contribution in [0.1, 0.15) is 11.1 Å². The van der Waals surface area contributed by atoms with Gasteiger partial charge in [0.05, 0.1) is 23.9 Å². The number of azide groups is 1. The van der Waals surface area contributed by atoms with Gasteiger partial charge in [-0.2, -0.15) is 0 Å². The maximum atomic E-state index is 8.27. The van der Waals surface area contributed by atoms with E-state index in [4.69, 9.17) is 5.53 Å². The molecule has 0 spiro atoms. The number of rotatable bonds is 2. The molecule has 0 bridgehead atoms. The zero-order chi connectivity index (χ0) is 9.97. The van der Waals surface area contributed by atoms with Crippen LogP contribution in [0.5, 0.6) is 0 Å². The fourth-order valence-corrected chi connectivity index (χ4v) is 1.47. The van der Waals surface area contributed by atoms with Crippen molar-refractivity contribution >= 4 is 11.0 Å². The summed E-state index contributed by atoms with van der Waals surface area (Å²) in [5, 5.41) is 3.56. The standard InChI is InChI=1S/C9H9N5/c1-6-2-3-8-9(12-5-11-8)7(6)4-13-14-10/h2-3,5H,4H2,1H3,(H,11,12). The zero-order valence-electron chi connectivity index (χ0n) is 7.73. The van der Waals surface area contributed by atoms with E-state index in [1.807, 2.05) is 19.1 Å². The first kappa shape index (κ1) is 8.59. The van der Waals surface area contributed by atoms with E-state index in [2.05, 4.69) is 20.0 Å². The Morgan fingerprint density at radius 2 is 2.43 bits per heavy atom. The van der Waals surface area contributed by atoms with Crippen LogP contribution in [-0.2, 0) is 6.54 Å². The van der Waals surface area contributed by atoms with E-state index in [-0.39, 0.29) is 0 Å². The first-order valence-electron chi connectivity index (χ1n) is 4.25. The summed E-state index contributed by atoms with van der Waals surface area (Å²) in [4.78, 5) is 9.96. The smallest absolute Gasteiger partial charge is 0.0931 e. The lowest BCUT2D eigenvalue weighted by atomic mass is 10.1. The van der Waals surface area contributed by atoms with Crippen LogP contribution in [0.25, 0.3) is 21.5 Å². The molecule has 2 rings (SSSR count). The van der Waals surface area contributed by atoms with Crippen LogP contribution in [0.4, 0.5) is 0 Å². The minimum absolute atomic E-state index is 0.352. The Bertz CT molecular complexity index is 507. The molecule has 1 aromatic heterocycles. The molecule has 5 heteroatoms. The molecule has 70 valence electrons. The summed E-state index contributed by atoms with van der Waals surface area (Å²) in [6.45, 7) is 2.33. The van der Waals surface area contributed by atoms with Gasteiger partial charge in [-0.1, -0.05) is 11.2 Å². The highest BCUT2D eigenvalue weighted by Gasteiger charge is 2.05. The number of nitrogens with one attached hydrogen (secondary N) is 1. The van der Waals surface area contributed by atoms with Crippen molar-refractivity contribution in [1.82, 2.24) is 9.97 Å². The SMILES string of the molecule is Cc1ccc2[nH]cnc2c1CN=[N+]=[N-]. The van der Waals surface area contributed by atoms with E-state index in [1.54, 1.807) is 6.33 Å². The first-order chi connectivity index (χ1) is 6.83. The van der Waals surface area contributed by atoms with Gasteiger partial charge in [0, 0.05) is 4.91 Å². The molecule has 0 saturated carbocycles. The summed E-state index contributed by atoms with van der Waals surface area (Å²) in [6, 6.07) is 3.96. The molecular formula is C9H9N5. The largest absolute Gasteiger partial charge is 0.345 e. The highest BCUT2D eigenvalue weighted by molar-refractivity contribution is 5.79. The van der Waals surface area contributed by atoms with Crippen molar-refractivity contribution in [2.45, 2.75) is 13.5 Å². The quantitative estimate of drug-likeness (QED) is 0.438. The summed E-state index contributed by atoms with van der Waals surface area (Å²) < 4.78 is 0. The Balaban J connectivity index is 2.63. The predicted octanol–water partition coefficient (Wildman–Crippen LogP) is 2.68. The van der Waals surface area contributed by atoms with Crippen molar-refractivity contribution in [3.8, 4) is 0 Å². The lowest BCUT2D eigenvalue weighted by Gasteiger charge is -2.02. The molecule has 2 aromatic rings. The third-order valence-corrected chi connectivity index (χ3v) is 2.22. The Hall–Kier alpha value is -2.00. The van der Waals surface area contributed by atoms with Gasteiger partial charge in [-0.05, 0) is 29.6 Å². The number of H-pyrrole nitrogens is 1. The van der Waals surface area contributed by atoms with Crippen LogP contribution in [-0.4, -0.2) is 9.97 Å². The summed E-state index contributed by atoms with van der Waals surface area (Å²) in [5.41, 5.74) is 12.2. The molecule has 1 heterocycles. The second-order valence-electron chi connectivity index (χ2n) is 3.05. The third-order valence-electron chi connectivity index (χ3n) is 2.22. The van der Waals surface area contributed by atoms with Crippen LogP contribution in [0.15, 0.2) is 23.6 Å². The predicted molar refractivity (Wildman–Crippen MR) is 53.7 cm³/mol. The highest BCUT2D eigenvalue weighted by Crippen LogP contribution is 2.19. The van der Waals surface area contributed by atoms with Gasteiger partial charge in [-0.15, -0.1) is 0 Å². The number of aromatic amines is 1. The molecule has 0 radical (unpaired) electrons. The summed E-state index contributed by atoms with van der Waals surface area (Å²) in [7, 11) is 0. The van der Waals surface area contributed by atoms with Crippen molar-refractivity contribution in [2.75, 3.05) is 0 Å². The van der Waals surface area contributed by atoms with E-state index in [0.717, 1.165) is 22.2 Å². The summed E-state index contributed by atoms with van der Waals surface area (Å²) in [6.07, 6.45) is 1.64. The molecule has 0 fully saturated rings. The van der Waals surface area contributed by atoms with Crippen LogP contribution >= 0.6 is 0 Å². The van der Waals surface area contributed by atoms with Crippen LogP contribution in [0.3, 0.4) is 0 Å². The number of imidazole rings is 1. The molecule has 5 nitrogen and oxygen atoms in total. The summed E-state index contributed by atoms with van der Waals surface area (Å²) >= 11 is 0. The molecule has 1 aromatic carbocycles. The van der Waals surface area contributed by atoms with Crippen LogP contribution in [0, 0.1) is 6.92 Å². The lowest BCUT2D eigenvalue weighted by molar-refractivity contribution is 1.04. The van der Waals surface area contributed by atoms with Crippen LogP contribution in [0.2, 0.25) is 0 Å². The third kappa shape index (κ3) is 1.30. The van der Waals surface area contributed by atoms with E-state index in [1.165, 1.54) is 0 Å². The number of fused-ring (bicyclic) bond motifs is 1. The fraction of sp³-hybridized carbons (Fsp3) is 0.222. The fourth-order valence-electron chi connectivity index (χ4n) is 1.47. The number of nitrogens with zero attached hydrogens (tertiary/aromatic N) is 4. The van der Waals surface area contributed by atoms with Crippen molar-refractivity contribution in [3.63, 3.8) is 0 Å². The molecule has 0 aliphatic heterocycles. The van der Waals surface area contributed by atoms with Gasteiger partial charge in [0.25, 0.3) is 0 Å². The zero-order valence-corrected chi connectivity index (χ0v) is 7.73. The second kappa shape index (κ2) is 3.40. The highest BCUT2D eigenvalue weighted by atomic mass is 15.1. The molecule has 0 atom stereocenters. The van der Waals surface area contributed by atoms with E-state index < -0.39 is 0 Å². The Morgan fingerprint density at radius 3 is 3.21 bits per heavy atom. The van der Waals surface area contributed by atoms with Gasteiger partial charge >= 0.3 is 0 Å². The average Bonchev–Trinajstić information content (AvgIpc) is 2.64. The first-order valence-corrected chi connectivity index (χ1v) is 4.25. The number of aromatic nitrogens is 2. The van der Waals surface area contributed by atoms with E-state index in [9.17, 15) is 0 Å². The van der Waals surface area contributed by atoms with Gasteiger partial charge < -0.3 is 4.98 Å². The number of hydrogen-bond donors (Lipinski definition) is 1. The van der Waals surface area contributed by atoms with Gasteiger partial charge in [0.1, 0.15) is 0 Å². The second-order valence-corrected chi connectivity index (χ2v) is 3.05. The minimum Gasteiger partial charge on any atom is -0.345 e. The molecule has 0 aliphatic carbocycles. The van der Waals surface area contributed by atoms with Gasteiger partial charge in [0.15, 0.2) is 0 Å². The van der Waals surface area contributed by atoms with E-state index >= 15 is 0 Å². The topological polar surface area (TPSA) is 77.4 Å². The van der Waals surface area contributed by atoms with Crippen molar-refractivity contribution in [3.05, 3.63) is 40.0 Å². The molecule has 0 aliphatic rings. The maximum Gasteiger partial charge on any atom is 0.0931 e. The Kier molecular flexibility index (Phi) is 2.08. The van der Waals surface area contributed by atoms with Gasteiger partial charge in [-0.25, -0.2) is 4.98 Å². The minimum atomic E-state index is 0.352. The van der Waals surface area contributed by atoms with Crippen molar-refractivity contribution in [1.29, 1.82) is 0 Å². The number of hydrogen-bond acceptors (Lipinski definition) is 2. The molecule has 0 amide bonds. The van der Waals surface area contributed by atoms with Crippen LogP contribution < -0.4 is 0 Å². The van der Waals surface area contributed by atoms with Crippen molar-refractivity contribution in [2.24, 2.45) is 5.11 Å². The number of benzene rings is 1. The molecule has 1 N–H and O–H groups in total. The summed E-state index contributed by atoms with van der Waals surface area (Å²) in [5.74, 6) is 0. The lowest BCUT2D eigenvalue weighted by Crippen LogP contribution is -1.88. The molecule has 0 saturated heterocycles. The Morgan fingerprint density at radius 1 is 1.57 bits per heavy atom. The maximum absolute atomic E-state index is 8.27. The molecular weight excluding hydrogens is 178 g/mol. The van der Waals surface area contributed by atoms with Gasteiger partial charge in [0.2, 0.25) is 0 Å². The van der Waals surface area contributed by atoms with Gasteiger partial charge in [-0.3, -0.25) is 0 Å². The molecule has 14 heavy (non-hydrogen) atoms. The monoisotopic (exact) mass is 187 g/mol. The Labute approximate surface area is 80.4 Å². The number of aryl methyl sites for hydroxylation is 1. The van der Waals surface area contributed by atoms with E-state index in [0.29, 0.717) is 6.54 Å².